The van der Waals surface area contributed by atoms with Crippen molar-refractivity contribution in [2.24, 2.45) is 0 Å². The molecule has 0 atom stereocenters. The summed E-state index contributed by atoms with van der Waals surface area (Å²) in [5, 5.41) is 10.3. The molecule has 1 aromatic rings. The van der Waals surface area contributed by atoms with Crippen molar-refractivity contribution in [2.75, 3.05) is 6.54 Å². The summed E-state index contributed by atoms with van der Waals surface area (Å²) in [4.78, 5) is 8.36. The van der Waals surface area contributed by atoms with E-state index < -0.39 is 0 Å². The van der Waals surface area contributed by atoms with Gasteiger partial charge in [0.1, 0.15) is 5.82 Å². The molecule has 4 heteroatoms. The molecule has 2 rings (SSSR count). The quantitative estimate of drug-likeness (QED) is 0.768. The predicted octanol–water partition coefficient (Wildman–Crippen LogP) is 1.82. The van der Waals surface area contributed by atoms with Crippen LogP contribution in [0.1, 0.15) is 18.4 Å². The number of rotatable bonds is 4. The average Bonchev–Trinajstić information content (AvgIpc) is 3.06. The van der Waals surface area contributed by atoms with Gasteiger partial charge < -0.3 is 10.4 Å². The summed E-state index contributed by atoms with van der Waals surface area (Å²) >= 11 is 0. The molecule has 0 saturated heterocycles. The monoisotopic (exact) mass is 225 g/mol. The molecule has 3 nitrogen and oxygen atoms in total. The van der Waals surface area contributed by atoms with E-state index in [1.165, 1.54) is 30.5 Å². The molecule has 0 unspecified atom stereocenters. The predicted molar refractivity (Wildman–Crippen MR) is 59.8 cm³/mol. The molecule has 1 aliphatic rings. The van der Waals surface area contributed by atoms with Gasteiger partial charge in [-0.3, -0.25) is 4.79 Å². The number of carboxylic acid groups (broad SMARTS) is 1. The Morgan fingerprint density at radius 3 is 2.44 bits per heavy atom. The lowest BCUT2D eigenvalue weighted by molar-refractivity contribution is -0.122. The van der Waals surface area contributed by atoms with Crippen molar-refractivity contribution in [2.45, 2.75) is 25.3 Å². The smallest absolute Gasteiger partial charge is 0.290 e. The Kier molecular flexibility index (Phi) is 5.50. The SMILES string of the molecule is Fc1ccc(CCNC2CC2)cc1.O=CO. The largest absolute Gasteiger partial charge is 0.483 e. The van der Waals surface area contributed by atoms with Gasteiger partial charge in [-0.2, -0.15) is 0 Å². The van der Waals surface area contributed by atoms with Crippen molar-refractivity contribution in [1.29, 1.82) is 0 Å². The second-order valence-corrected chi connectivity index (χ2v) is 3.71. The van der Waals surface area contributed by atoms with Crippen LogP contribution in [0.3, 0.4) is 0 Å². The number of nitrogens with one attached hydrogen (secondary N) is 1. The molecule has 0 heterocycles. The minimum atomic E-state index is -0.250. The third kappa shape index (κ3) is 5.46. The van der Waals surface area contributed by atoms with Gasteiger partial charge in [0.25, 0.3) is 6.47 Å². The van der Waals surface area contributed by atoms with Crippen LogP contribution in [0.25, 0.3) is 0 Å². The summed E-state index contributed by atoms with van der Waals surface area (Å²) in [5.74, 6) is -0.154. The number of carbonyl (C=O) groups is 1. The molecule has 2 N–H and O–H groups in total. The maximum absolute atomic E-state index is 12.5. The van der Waals surface area contributed by atoms with Crippen molar-refractivity contribution >= 4 is 6.47 Å². The zero-order valence-corrected chi connectivity index (χ0v) is 9.03. The molecular weight excluding hydrogens is 209 g/mol. The van der Waals surface area contributed by atoms with E-state index in [1.807, 2.05) is 12.1 Å². The first kappa shape index (κ1) is 12.6. The van der Waals surface area contributed by atoms with E-state index in [4.69, 9.17) is 9.90 Å². The molecule has 1 aromatic carbocycles. The fourth-order valence-corrected chi connectivity index (χ4v) is 1.36. The van der Waals surface area contributed by atoms with Crippen molar-refractivity contribution in [3.05, 3.63) is 35.6 Å². The first-order valence-corrected chi connectivity index (χ1v) is 5.32. The van der Waals surface area contributed by atoms with Crippen molar-refractivity contribution in [3.63, 3.8) is 0 Å². The van der Waals surface area contributed by atoms with Crippen LogP contribution in [0.4, 0.5) is 4.39 Å². The number of hydrogen-bond acceptors (Lipinski definition) is 2. The van der Waals surface area contributed by atoms with Gasteiger partial charge in [0, 0.05) is 6.04 Å². The lowest BCUT2D eigenvalue weighted by Crippen LogP contribution is -2.19. The summed E-state index contributed by atoms with van der Waals surface area (Å²) < 4.78 is 12.5. The Bertz CT molecular complexity index is 309. The number of benzene rings is 1. The molecule has 1 aliphatic carbocycles. The lowest BCUT2D eigenvalue weighted by Gasteiger charge is -2.02. The first-order valence-electron chi connectivity index (χ1n) is 5.32. The summed E-state index contributed by atoms with van der Waals surface area (Å²) in [6.07, 6.45) is 3.64. The highest BCUT2D eigenvalue weighted by atomic mass is 19.1. The van der Waals surface area contributed by atoms with Crippen molar-refractivity contribution < 1.29 is 14.3 Å². The van der Waals surface area contributed by atoms with Crippen molar-refractivity contribution in [1.82, 2.24) is 5.32 Å². The van der Waals surface area contributed by atoms with Crippen LogP contribution in [0, 0.1) is 5.82 Å². The Balaban J connectivity index is 0.000000386. The number of halogens is 1. The molecule has 1 saturated carbocycles. The molecule has 0 spiro atoms. The van der Waals surface area contributed by atoms with Crippen LogP contribution >= 0.6 is 0 Å². The molecule has 1 fully saturated rings. The molecule has 16 heavy (non-hydrogen) atoms. The van der Waals surface area contributed by atoms with E-state index in [0.717, 1.165) is 19.0 Å². The molecule has 0 bridgehead atoms. The minimum absolute atomic E-state index is 0.154. The van der Waals surface area contributed by atoms with Gasteiger partial charge in [0.2, 0.25) is 0 Å². The van der Waals surface area contributed by atoms with Gasteiger partial charge in [-0.1, -0.05) is 12.1 Å². The normalized spacial score (nSPS) is 13.8. The zero-order chi connectivity index (χ0) is 11.8. The van der Waals surface area contributed by atoms with E-state index in [2.05, 4.69) is 5.32 Å². The second kappa shape index (κ2) is 6.95. The molecule has 0 radical (unpaired) electrons. The summed E-state index contributed by atoms with van der Waals surface area (Å²) in [5.41, 5.74) is 1.20. The highest BCUT2D eigenvalue weighted by molar-refractivity contribution is 5.32. The highest BCUT2D eigenvalue weighted by Gasteiger charge is 2.19. The molecule has 0 aromatic heterocycles. The van der Waals surface area contributed by atoms with Gasteiger partial charge in [0.05, 0.1) is 0 Å². The fourth-order valence-electron chi connectivity index (χ4n) is 1.36. The van der Waals surface area contributed by atoms with E-state index in [1.54, 1.807) is 0 Å². The standard InChI is InChI=1S/C11H14FN.CH2O2/c12-10-3-1-9(2-4-10)7-8-13-11-5-6-11;2-1-3/h1-4,11,13H,5-8H2;1H,(H,2,3). The van der Waals surface area contributed by atoms with Gasteiger partial charge in [-0.25, -0.2) is 4.39 Å². The lowest BCUT2D eigenvalue weighted by atomic mass is 10.1. The van der Waals surface area contributed by atoms with E-state index in [0.29, 0.717) is 0 Å². The van der Waals surface area contributed by atoms with Crippen LogP contribution in [0.15, 0.2) is 24.3 Å². The highest BCUT2D eigenvalue weighted by Crippen LogP contribution is 2.18. The van der Waals surface area contributed by atoms with Crippen LogP contribution in [0.5, 0.6) is 0 Å². The summed E-state index contributed by atoms with van der Waals surface area (Å²) in [7, 11) is 0. The Morgan fingerprint density at radius 2 is 1.94 bits per heavy atom. The molecule has 0 amide bonds. The van der Waals surface area contributed by atoms with Crippen LogP contribution in [-0.4, -0.2) is 24.2 Å². The molecule has 0 aliphatic heterocycles. The minimum Gasteiger partial charge on any atom is -0.483 e. The van der Waals surface area contributed by atoms with Crippen LogP contribution < -0.4 is 5.32 Å². The van der Waals surface area contributed by atoms with E-state index >= 15 is 0 Å². The number of hydrogen-bond donors (Lipinski definition) is 2. The first-order chi connectivity index (χ1) is 7.76. The Morgan fingerprint density at radius 1 is 1.38 bits per heavy atom. The van der Waals surface area contributed by atoms with Gasteiger partial charge in [0.15, 0.2) is 0 Å². The van der Waals surface area contributed by atoms with Gasteiger partial charge in [-0.15, -0.1) is 0 Å². The van der Waals surface area contributed by atoms with Crippen LogP contribution in [0.2, 0.25) is 0 Å². The Labute approximate surface area is 94.3 Å². The van der Waals surface area contributed by atoms with E-state index in [-0.39, 0.29) is 12.3 Å². The summed E-state index contributed by atoms with van der Waals surface area (Å²) in [6, 6.07) is 7.51. The third-order valence-electron chi connectivity index (χ3n) is 2.34. The maximum atomic E-state index is 12.5. The van der Waals surface area contributed by atoms with Crippen LogP contribution in [-0.2, 0) is 11.2 Å². The molecule has 88 valence electrons. The van der Waals surface area contributed by atoms with Crippen molar-refractivity contribution in [3.8, 4) is 0 Å². The zero-order valence-electron chi connectivity index (χ0n) is 9.03. The molecular formula is C12H16FNO2. The fraction of sp³-hybridized carbons (Fsp3) is 0.417. The second-order valence-electron chi connectivity index (χ2n) is 3.71. The topological polar surface area (TPSA) is 49.3 Å². The summed E-state index contributed by atoms with van der Waals surface area (Å²) in [6.45, 7) is 0.760. The van der Waals surface area contributed by atoms with E-state index in [9.17, 15) is 4.39 Å². The van der Waals surface area contributed by atoms with Gasteiger partial charge >= 0.3 is 0 Å². The van der Waals surface area contributed by atoms with Gasteiger partial charge in [-0.05, 0) is 43.5 Å². The third-order valence-corrected chi connectivity index (χ3v) is 2.34. The maximum Gasteiger partial charge on any atom is 0.290 e. The Hall–Kier alpha value is -1.42. The average molecular weight is 225 g/mol.